The number of aromatic nitrogens is 3. The molecule has 1 aromatic carbocycles. The summed E-state index contributed by atoms with van der Waals surface area (Å²) < 4.78 is 1.67. The van der Waals surface area contributed by atoms with Crippen LogP contribution >= 0.6 is 0 Å². The van der Waals surface area contributed by atoms with Gasteiger partial charge in [0.2, 0.25) is 5.91 Å². The minimum absolute atomic E-state index is 0.0273. The van der Waals surface area contributed by atoms with Crippen LogP contribution in [0.4, 0.5) is 0 Å². The van der Waals surface area contributed by atoms with Crippen molar-refractivity contribution in [2.75, 3.05) is 0 Å². The fourth-order valence-electron chi connectivity index (χ4n) is 2.53. The highest BCUT2D eigenvalue weighted by molar-refractivity contribution is 5.76. The Kier molecular flexibility index (Phi) is 5.90. The number of carbonyl (C=O) groups is 1. The second-order valence-electron chi connectivity index (χ2n) is 6.52. The molecule has 0 saturated heterocycles. The maximum absolute atomic E-state index is 12.2. The van der Waals surface area contributed by atoms with E-state index in [1.807, 2.05) is 0 Å². The number of rotatable bonds is 7. The van der Waals surface area contributed by atoms with Crippen molar-refractivity contribution in [3.8, 4) is 0 Å². The molecule has 0 aliphatic rings. The van der Waals surface area contributed by atoms with Gasteiger partial charge in [-0.1, -0.05) is 52.0 Å². The summed E-state index contributed by atoms with van der Waals surface area (Å²) in [5, 5.41) is 7.16. The van der Waals surface area contributed by atoms with E-state index in [9.17, 15) is 4.79 Å². The third kappa shape index (κ3) is 4.91. The number of benzene rings is 1. The van der Waals surface area contributed by atoms with Crippen molar-refractivity contribution in [3.63, 3.8) is 0 Å². The number of carbonyl (C=O) groups excluding carboxylic acids is 1. The number of nitrogens with one attached hydrogen (secondary N) is 1. The van der Waals surface area contributed by atoms with Crippen LogP contribution in [0.3, 0.4) is 0 Å². The monoisotopic (exact) mass is 314 g/mol. The summed E-state index contributed by atoms with van der Waals surface area (Å²) in [5.74, 6) is 0.876. The molecule has 1 atom stereocenters. The van der Waals surface area contributed by atoms with E-state index in [-0.39, 0.29) is 11.9 Å². The highest BCUT2D eigenvalue weighted by Gasteiger charge is 2.18. The molecule has 1 N–H and O–H groups in total. The van der Waals surface area contributed by atoms with Gasteiger partial charge in [0, 0.05) is 6.42 Å². The SMILES string of the molecule is CC(C)c1ccc(C(NC(=O)CCn2cncn2)C(C)C)cc1. The number of nitrogens with zero attached hydrogens (tertiary/aromatic N) is 3. The molecule has 2 aromatic rings. The van der Waals surface area contributed by atoms with Gasteiger partial charge in [-0.05, 0) is 23.0 Å². The van der Waals surface area contributed by atoms with E-state index in [0.717, 1.165) is 5.56 Å². The lowest BCUT2D eigenvalue weighted by molar-refractivity contribution is -0.122. The van der Waals surface area contributed by atoms with Crippen LogP contribution in [0, 0.1) is 5.92 Å². The summed E-state index contributed by atoms with van der Waals surface area (Å²) in [4.78, 5) is 16.1. The third-order valence-corrected chi connectivity index (χ3v) is 3.98. The predicted octanol–water partition coefficient (Wildman–Crippen LogP) is 3.31. The van der Waals surface area contributed by atoms with Crippen molar-refractivity contribution >= 4 is 5.91 Å². The van der Waals surface area contributed by atoms with Gasteiger partial charge >= 0.3 is 0 Å². The Balaban J connectivity index is 1.98. The summed E-state index contributed by atoms with van der Waals surface area (Å²) in [6.07, 6.45) is 3.50. The Morgan fingerprint density at radius 1 is 1.13 bits per heavy atom. The average molecular weight is 314 g/mol. The molecule has 5 nitrogen and oxygen atoms in total. The van der Waals surface area contributed by atoms with Crippen LogP contribution in [0.15, 0.2) is 36.9 Å². The van der Waals surface area contributed by atoms with Crippen LogP contribution in [0.5, 0.6) is 0 Å². The molecule has 1 aromatic heterocycles. The first-order chi connectivity index (χ1) is 11.0. The largest absolute Gasteiger partial charge is 0.349 e. The lowest BCUT2D eigenvalue weighted by Gasteiger charge is -2.23. The maximum Gasteiger partial charge on any atom is 0.222 e. The van der Waals surface area contributed by atoms with Gasteiger partial charge in [-0.3, -0.25) is 9.48 Å². The van der Waals surface area contributed by atoms with Crippen LogP contribution < -0.4 is 5.32 Å². The van der Waals surface area contributed by atoms with Gasteiger partial charge in [-0.25, -0.2) is 4.98 Å². The summed E-state index contributed by atoms with van der Waals surface area (Å²) in [5.41, 5.74) is 2.47. The van der Waals surface area contributed by atoms with Crippen LogP contribution in [-0.4, -0.2) is 20.7 Å². The lowest BCUT2D eigenvalue weighted by atomic mass is 9.93. The summed E-state index contributed by atoms with van der Waals surface area (Å²) in [6.45, 7) is 9.15. The number of hydrogen-bond acceptors (Lipinski definition) is 3. The Morgan fingerprint density at radius 2 is 1.78 bits per heavy atom. The smallest absolute Gasteiger partial charge is 0.222 e. The molecule has 0 fully saturated rings. The fourth-order valence-corrected chi connectivity index (χ4v) is 2.53. The molecule has 0 aliphatic carbocycles. The van der Waals surface area contributed by atoms with Crippen LogP contribution in [0.1, 0.15) is 57.2 Å². The topological polar surface area (TPSA) is 59.8 Å². The zero-order valence-corrected chi connectivity index (χ0v) is 14.4. The minimum Gasteiger partial charge on any atom is -0.349 e. The number of aryl methyl sites for hydroxylation is 1. The second-order valence-corrected chi connectivity index (χ2v) is 6.52. The first kappa shape index (κ1) is 17.2. The molecule has 2 rings (SSSR count). The van der Waals surface area contributed by atoms with Crippen molar-refractivity contribution in [2.45, 2.75) is 52.6 Å². The molecule has 0 spiro atoms. The summed E-state index contributed by atoms with van der Waals surface area (Å²) in [6, 6.07) is 8.57. The van der Waals surface area contributed by atoms with Crippen LogP contribution in [-0.2, 0) is 11.3 Å². The Labute approximate surface area is 138 Å². The molecular formula is C18H26N4O. The van der Waals surface area contributed by atoms with E-state index in [4.69, 9.17) is 0 Å². The van der Waals surface area contributed by atoms with Crippen molar-refractivity contribution in [3.05, 3.63) is 48.0 Å². The fraction of sp³-hybridized carbons (Fsp3) is 0.500. The molecular weight excluding hydrogens is 288 g/mol. The van der Waals surface area contributed by atoms with E-state index in [0.29, 0.717) is 24.8 Å². The van der Waals surface area contributed by atoms with Crippen molar-refractivity contribution in [2.24, 2.45) is 5.92 Å². The van der Waals surface area contributed by atoms with Gasteiger partial charge in [-0.2, -0.15) is 5.10 Å². The standard InChI is InChI=1S/C18H26N4O/c1-13(2)15-5-7-16(8-6-15)18(14(3)4)21-17(23)9-10-22-12-19-11-20-22/h5-8,11-14,18H,9-10H2,1-4H3,(H,21,23). The molecule has 1 amide bonds. The molecule has 5 heteroatoms. The first-order valence-corrected chi connectivity index (χ1v) is 8.19. The molecule has 23 heavy (non-hydrogen) atoms. The third-order valence-electron chi connectivity index (χ3n) is 3.98. The van der Waals surface area contributed by atoms with Gasteiger partial charge < -0.3 is 5.32 Å². The number of hydrogen-bond donors (Lipinski definition) is 1. The van der Waals surface area contributed by atoms with E-state index in [1.54, 1.807) is 11.0 Å². The van der Waals surface area contributed by atoms with Gasteiger partial charge in [0.25, 0.3) is 0 Å². The Hall–Kier alpha value is -2.17. The lowest BCUT2D eigenvalue weighted by Crippen LogP contribution is -2.32. The maximum atomic E-state index is 12.2. The highest BCUT2D eigenvalue weighted by atomic mass is 16.1. The molecule has 124 valence electrons. The normalized spacial score (nSPS) is 12.6. The van der Waals surface area contributed by atoms with Crippen molar-refractivity contribution in [1.82, 2.24) is 20.1 Å². The van der Waals surface area contributed by atoms with Crippen LogP contribution in [0.25, 0.3) is 0 Å². The highest BCUT2D eigenvalue weighted by Crippen LogP contribution is 2.24. The van der Waals surface area contributed by atoms with Crippen LogP contribution in [0.2, 0.25) is 0 Å². The van der Waals surface area contributed by atoms with E-state index in [1.165, 1.54) is 11.9 Å². The van der Waals surface area contributed by atoms with Gasteiger partial charge in [0.1, 0.15) is 12.7 Å². The molecule has 1 unspecified atom stereocenters. The van der Waals surface area contributed by atoms with Gasteiger partial charge in [-0.15, -0.1) is 0 Å². The van der Waals surface area contributed by atoms with E-state index >= 15 is 0 Å². The molecule has 0 aliphatic heterocycles. The molecule has 0 saturated carbocycles. The molecule has 1 heterocycles. The first-order valence-electron chi connectivity index (χ1n) is 8.19. The predicted molar refractivity (Wildman–Crippen MR) is 90.9 cm³/mol. The Bertz CT molecular complexity index is 602. The second kappa shape index (κ2) is 7.90. The van der Waals surface area contributed by atoms with E-state index in [2.05, 4.69) is 67.4 Å². The minimum atomic E-state index is 0.0273. The zero-order valence-electron chi connectivity index (χ0n) is 14.4. The zero-order chi connectivity index (χ0) is 16.8. The quantitative estimate of drug-likeness (QED) is 0.853. The molecule has 0 bridgehead atoms. The van der Waals surface area contributed by atoms with Crippen molar-refractivity contribution < 1.29 is 4.79 Å². The Morgan fingerprint density at radius 3 is 2.30 bits per heavy atom. The average Bonchev–Trinajstić information content (AvgIpc) is 3.04. The summed E-state index contributed by atoms with van der Waals surface area (Å²) in [7, 11) is 0. The van der Waals surface area contributed by atoms with E-state index < -0.39 is 0 Å². The number of amides is 1. The van der Waals surface area contributed by atoms with Crippen molar-refractivity contribution in [1.29, 1.82) is 0 Å². The van der Waals surface area contributed by atoms with Gasteiger partial charge in [0.05, 0.1) is 12.6 Å². The van der Waals surface area contributed by atoms with Gasteiger partial charge in [0.15, 0.2) is 0 Å². The summed E-state index contributed by atoms with van der Waals surface area (Å²) >= 11 is 0. The molecule has 0 radical (unpaired) electrons.